The van der Waals surface area contributed by atoms with Crippen molar-refractivity contribution >= 4 is 5.71 Å². The van der Waals surface area contributed by atoms with Crippen molar-refractivity contribution in [3.63, 3.8) is 0 Å². The first-order chi connectivity index (χ1) is 7.56. The quantitative estimate of drug-likeness (QED) is 0.327. The Morgan fingerprint density at radius 2 is 1.88 bits per heavy atom. The van der Waals surface area contributed by atoms with Crippen LogP contribution in [0.15, 0.2) is 29.9 Å². The van der Waals surface area contributed by atoms with Crippen molar-refractivity contribution in [3.05, 3.63) is 47.0 Å². The van der Waals surface area contributed by atoms with E-state index in [0.29, 0.717) is 6.61 Å². The SMILES string of the molecule is C=CCO/N=C(\C)c1cc(C)c(C)cc1C. The predicted molar refractivity (Wildman–Crippen MR) is 69.0 cm³/mol. The lowest BCUT2D eigenvalue weighted by molar-refractivity contribution is 0.175. The number of hydrogen-bond acceptors (Lipinski definition) is 2. The maximum atomic E-state index is 5.09. The van der Waals surface area contributed by atoms with Gasteiger partial charge >= 0.3 is 0 Å². The van der Waals surface area contributed by atoms with Crippen molar-refractivity contribution in [2.75, 3.05) is 6.61 Å². The van der Waals surface area contributed by atoms with Crippen LogP contribution in [0.3, 0.4) is 0 Å². The summed E-state index contributed by atoms with van der Waals surface area (Å²) < 4.78 is 0. The van der Waals surface area contributed by atoms with Gasteiger partial charge < -0.3 is 4.84 Å². The van der Waals surface area contributed by atoms with Gasteiger partial charge in [-0.1, -0.05) is 23.9 Å². The summed E-state index contributed by atoms with van der Waals surface area (Å²) in [7, 11) is 0. The fourth-order valence-corrected chi connectivity index (χ4v) is 1.59. The monoisotopic (exact) mass is 217 g/mol. The summed E-state index contributed by atoms with van der Waals surface area (Å²) in [6, 6.07) is 4.33. The summed E-state index contributed by atoms with van der Waals surface area (Å²) in [5.74, 6) is 0. The van der Waals surface area contributed by atoms with Gasteiger partial charge in [0.1, 0.15) is 6.61 Å². The minimum Gasteiger partial charge on any atom is -0.391 e. The van der Waals surface area contributed by atoms with Crippen molar-refractivity contribution in [3.8, 4) is 0 Å². The summed E-state index contributed by atoms with van der Waals surface area (Å²) in [5, 5.41) is 4.06. The molecule has 0 saturated carbocycles. The average Bonchev–Trinajstić information content (AvgIpc) is 2.23. The highest BCUT2D eigenvalue weighted by Gasteiger charge is 2.05. The van der Waals surface area contributed by atoms with E-state index >= 15 is 0 Å². The van der Waals surface area contributed by atoms with Crippen LogP contribution in [0.5, 0.6) is 0 Å². The summed E-state index contributed by atoms with van der Waals surface area (Å²) >= 11 is 0. The molecule has 0 fully saturated rings. The average molecular weight is 217 g/mol. The van der Waals surface area contributed by atoms with Crippen LogP contribution in [0.2, 0.25) is 0 Å². The minimum absolute atomic E-state index is 0.446. The van der Waals surface area contributed by atoms with Crippen LogP contribution < -0.4 is 0 Å². The predicted octanol–water partition coefficient (Wildman–Crippen LogP) is 3.54. The van der Waals surface area contributed by atoms with Crippen LogP contribution in [-0.4, -0.2) is 12.3 Å². The highest BCUT2D eigenvalue weighted by Crippen LogP contribution is 2.16. The van der Waals surface area contributed by atoms with Gasteiger partial charge in [0, 0.05) is 5.56 Å². The molecule has 0 radical (unpaired) electrons. The van der Waals surface area contributed by atoms with E-state index in [4.69, 9.17) is 4.84 Å². The Kier molecular flexibility index (Phi) is 4.29. The molecule has 0 amide bonds. The molecule has 0 saturated heterocycles. The molecule has 0 N–H and O–H groups in total. The van der Waals surface area contributed by atoms with Crippen molar-refractivity contribution < 1.29 is 4.84 Å². The topological polar surface area (TPSA) is 21.6 Å². The Morgan fingerprint density at radius 3 is 2.50 bits per heavy atom. The minimum atomic E-state index is 0.446. The molecule has 86 valence electrons. The van der Waals surface area contributed by atoms with E-state index in [1.54, 1.807) is 6.08 Å². The maximum Gasteiger partial charge on any atom is 0.135 e. The van der Waals surface area contributed by atoms with Crippen molar-refractivity contribution in [2.24, 2.45) is 5.16 Å². The number of hydrogen-bond donors (Lipinski definition) is 0. The highest BCUT2D eigenvalue weighted by molar-refractivity contribution is 5.99. The van der Waals surface area contributed by atoms with E-state index < -0.39 is 0 Å². The first-order valence-corrected chi connectivity index (χ1v) is 5.42. The van der Waals surface area contributed by atoms with Crippen LogP contribution in [-0.2, 0) is 4.84 Å². The first kappa shape index (κ1) is 12.5. The summed E-state index contributed by atoms with van der Waals surface area (Å²) in [6.07, 6.45) is 1.68. The second kappa shape index (κ2) is 5.50. The summed E-state index contributed by atoms with van der Waals surface area (Å²) in [4.78, 5) is 5.09. The Bertz CT molecular complexity index is 419. The molecular formula is C14H19NO. The van der Waals surface area contributed by atoms with Crippen molar-refractivity contribution in [1.29, 1.82) is 0 Å². The number of nitrogens with zero attached hydrogens (tertiary/aromatic N) is 1. The number of rotatable bonds is 4. The summed E-state index contributed by atoms with van der Waals surface area (Å²) in [5.41, 5.74) is 5.86. The van der Waals surface area contributed by atoms with Gasteiger partial charge in [-0.15, -0.1) is 0 Å². The molecule has 0 aliphatic rings. The molecule has 1 aromatic rings. The Balaban J connectivity index is 2.99. The van der Waals surface area contributed by atoms with E-state index in [-0.39, 0.29) is 0 Å². The lowest BCUT2D eigenvalue weighted by atomic mass is 9.98. The molecule has 0 aliphatic carbocycles. The molecule has 0 atom stereocenters. The van der Waals surface area contributed by atoms with Crippen LogP contribution in [0.1, 0.15) is 29.2 Å². The third kappa shape index (κ3) is 2.96. The fourth-order valence-electron chi connectivity index (χ4n) is 1.59. The van der Waals surface area contributed by atoms with Gasteiger partial charge in [0.15, 0.2) is 0 Å². The van der Waals surface area contributed by atoms with E-state index in [1.807, 2.05) is 6.92 Å². The number of oxime groups is 1. The number of aryl methyl sites for hydroxylation is 3. The largest absolute Gasteiger partial charge is 0.391 e. The lowest BCUT2D eigenvalue weighted by Crippen LogP contribution is -2.01. The highest BCUT2D eigenvalue weighted by atomic mass is 16.6. The van der Waals surface area contributed by atoms with Gasteiger partial charge in [-0.25, -0.2) is 0 Å². The van der Waals surface area contributed by atoms with E-state index in [0.717, 1.165) is 11.3 Å². The molecule has 16 heavy (non-hydrogen) atoms. The van der Waals surface area contributed by atoms with Crippen molar-refractivity contribution in [2.45, 2.75) is 27.7 Å². The van der Waals surface area contributed by atoms with Crippen LogP contribution in [0.4, 0.5) is 0 Å². The maximum absolute atomic E-state index is 5.09. The van der Waals surface area contributed by atoms with Gasteiger partial charge in [0.2, 0.25) is 0 Å². The zero-order valence-electron chi connectivity index (χ0n) is 10.5. The molecule has 0 aliphatic heterocycles. The zero-order valence-corrected chi connectivity index (χ0v) is 10.5. The Morgan fingerprint density at radius 1 is 1.25 bits per heavy atom. The van der Waals surface area contributed by atoms with E-state index in [9.17, 15) is 0 Å². The second-order valence-corrected chi connectivity index (χ2v) is 4.01. The van der Waals surface area contributed by atoms with Gasteiger partial charge in [-0.2, -0.15) is 0 Å². The first-order valence-electron chi connectivity index (χ1n) is 5.42. The van der Waals surface area contributed by atoms with Gasteiger partial charge in [0.05, 0.1) is 5.71 Å². The molecule has 1 rings (SSSR count). The number of benzene rings is 1. The third-order valence-electron chi connectivity index (χ3n) is 2.62. The Labute approximate surface area is 97.6 Å². The van der Waals surface area contributed by atoms with Crippen LogP contribution in [0.25, 0.3) is 0 Å². The molecule has 1 aromatic carbocycles. The van der Waals surface area contributed by atoms with E-state index in [2.05, 4.69) is 44.6 Å². The molecule has 0 unspecified atom stereocenters. The standard InChI is InChI=1S/C14H19NO/c1-6-7-16-15-13(5)14-9-11(3)10(2)8-12(14)4/h6,8-9H,1,7H2,2-5H3/b15-13+. The van der Waals surface area contributed by atoms with Crippen molar-refractivity contribution in [1.82, 2.24) is 0 Å². The normalized spacial score (nSPS) is 11.4. The molecular weight excluding hydrogens is 198 g/mol. The van der Waals surface area contributed by atoms with E-state index in [1.165, 1.54) is 16.7 Å². The molecule has 0 spiro atoms. The molecule has 0 aromatic heterocycles. The second-order valence-electron chi connectivity index (χ2n) is 4.01. The lowest BCUT2D eigenvalue weighted by Gasteiger charge is -2.09. The van der Waals surface area contributed by atoms with Gasteiger partial charge in [-0.05, 0) is 50.5 Å². The smallest absolute Gasteiger partial charge is 0.135 e. The van der Waals surface area contributed by atoms with Gasteiger partial charge in [0.25, 0.3) is 0 Å². The third-order valence-corrected chi connectivity index (χ3v) is 2.62. The summed E-state index contributed by atoms with van der Waals surface area (Å²) in [6.45, 7) is 12.3. The van der Waals surface area contributed by atoms with Crippen LogP contribution >= 0.6 is 0 Å². The fraction of sp³-hybridized carbons (Fsp3) is 0.357. The van der Waals surface area contributed by atoms with Gasteiger partial charge in [-0.3, -0.25) is 0 Å². The zero-order chi connectivity index (χ0) is 12.1. The molecule has 2 nitrogen and oxygen atoms in total. The molecule has 0 heterocycles. The molecule has 2 heteroatoms. The Hall–Kier alpha value is -1.57. The molecule has 0 bridgehead atoms. The van der Waals surface area contributed by atoms with Crippen LogP contribution in [0, 0.1) is 20.8 Å².